The Morgan fingerprint density at radius 3 is 2.16 bits per heavy atom. The number of amides is 2. The molecule has 296 valence electrons. The monoisotopic (exact) mass is 792 g/mol. The Kier molecular flexibility index (Phi) is 11.9. The topological polar surface area (TPSA) is 151 Å². The van der Waals surface area contributed by atoms with Gasteiger partial charge in [0.25, 0.3) is 0 Å². The molecule has 3 aliphatic rings. The molecule has 16 heteroatoms. The first-order valence-electron chi connectivity index (χ1n) is 18.7. The second-order valence-electron chi connectivity index (χ2n) is 14.3. The summed E-state index contributed by atoms with van der Waals surface area (Å²) in [5.74, 6) is 0.242. The van der Waals surface area contributed by atoms with Crippen LogP contribution in [0, 0.1) is 0 Å². The molecule has 2 aliphatic heterocycles. The number of nitrogens with zero attached hydrogens (tertiary/aromatic N) is 3. The highest BCUT2D eigenvalue weighted by Crippen LogP contribution is 2.43. The Balaban J connectivity index is 1.12. The Labute approximate surface area is 327 Å². The maximum atomic E-state index is 14.6. The summed E-state index contributed by atoms with van der Waals surface area (Å²) in [6, 6.07) is 11.9. The number of benzene rings is 1. The van der Waals surface area contributed by atoms with E-state index in [0.717, 1.165) is 34.7 Å². The molecule has 0 unspecified atom stereocenters. The van der Waals surface area contributed by atoms with Crippen LogP contribution in [0.3, 0.4) is 0 Å². The molecule has 3 aromatic heterocycles. The quantitative estimate of drug-likeness (QED) is 0.101. The molecular weight excluding hydrogens is 749 g/mol. The number of pyridine rings is 3. The van der Waals surface area contributed by atoms with Gasteiger partial charge in [-0.25, -0.2) is 4.98 Å². The van der Waals surface area contributed by atoms with Crippen molar-refractivity contribution in [1.29, 1.82) is 0 Å². The van der Waals surface area contributed by atoms with Crippen molar-refractivity contribution in [2.45, 2.75) is 82.3 Å². The van der Waals surface area contributed by atoms with E-state index in [1.54, 1.807) is 19.4 Å². The number of hydrogen-bond acceptors (Lipinski definition) is 10. The molecule has 0 saturated carbocycles. The lowest BCUT2D eigenvalue weighted by Gasteiger charge is -2.30. The Morgan fingerprint density at radius 2 is 1.52 bits per heavy atom. The molecule has 3 atom stereocenters. The number of hydrogen-bond donors (Lipinski definition) is 5. The molecule has 1 aromatic carbocycles. The number of halogens is 4. The molecular formula is C40H44ClF3N8O4. The molecule has 7 rings (SSSR count). The fourth-order valence-electron chi connectivity index (χ4n) is 7.74. The third-order valence-corrected chi connectivity index (χ3v) is 10.9. The standard InChI is InChI=1S/C40H44ClF3N8O4/c1-55-38-22(18-45-20-24-10-13-33(53)48-24)9-12-32(51-38)29-15-16-47-36(35(29)41)28-7-3-6-27-26(28)5-4-8-31(27)50-37-30(40(42,43)44)17-23(39(52-37)56-2)19-46-21-25-11-14-34(54)49-25/h3,6-7,9,12,15-17,24-25,31,45-46H,4-5,8,10-11,13-14,18-21H2,1-2H3,(H,48,53)(H,49,54)(H,50,52)/t24-,25+,31+/m0/s1. The van der Waals surface area contributed by atoms with Crippen molar-refractivity contribution in [3.8, 4) is 34.3 Å². The minimum Gasteiger partial charge on any atom is -0.481 e. The molecule has 5 heterocycles. The van der Waals surface area contributed by atoms with Gasteiger partial charge >= 0.3 is 6.18 Å². The van der Waals surface area contributed by atoms with Gasteiger partial charge in [0, 0.05) is 79.6 Å². The van der Waals surface area contributed by atoms with Crippen molar-refractivity contribution in [3.05, 3.63) is 81.5 Å². The second kappa shape index (κ2) is 17.0. The van der Waals surface area contributed by atoms with Gasteiger partial charge in [-0.2, -0.15) is 18.2 Å². The SMILES string of the molecule is COc1nc(-c2ccnc(-c3cccc4c3CCC[C@H]4Nc3nc(OC)c(CNC[C@H]4CCC(=O)N4)cc3C(F)(F)F)c2Cl)ccc1CNC[C@@H]1CCC(=O)N1. The molecule has 2 fully saturated rings. The summed E-state index contributed by atoms with van der Waals surface area (Å²) in [6.07, 6.45) is 1.38. The smallest absolute Gasteiger partial charge is 0.419 e. The number of carbonyl (C=O) groups excluding carboxylic acids is 2. The van der Waals surface area contributed by atoms with Gasteiger partial charge < -0.3 is 36.1 Å². The molecule has 4 aromatic rings. The van der Waals surface area contributed by atoms with Crippen molar-refractivity contribution in [1.82, 2.24) is 36.2 Å². The van der Waals surface area contributed by atoms with Gasteiger partial charge in [-0.1, -0.05) is 35.9 Å². The molecule has 2 saturated heterocycles. The minimum absolute atomic E-state index is 0.0339. The van der Waals surface area contributed by atoms with Crippen LogP contribution in [0.4, 0.5) is 19.0 Å². The van der Waals surface area contributed by atoms with Gasteiger partial charge in [-0.05, 0) is 61.4 Å². The average molecular weight is 793 g/mol. The van der Waals surface area contributed by atoms with Crippen LogP contribution < -0.4 is 36.1 Å². The van der Waals surface area contributed by atoms with Gasteiger partial charge in [0.15, 0.2) is 0 Å². The number of rotatable bonds is 14. The van der Waals surface area contributed by atoms with Gasteiger partial charge in [-0.15, -0.1) is 0 Å². The number of nitrogens with one attached hydrogen (secondary N) is 5. The molecule has 5 N–H and O–H groups in total. The summed E-state index contributed by atoms with van der Waals surface area (Å²) >= 11 is 7.11. The first kappa shape index (κ1) is 39.3. The summed E-state index contributed by atoms with van der Waals surface area (Å²) in [6.45, 7) is 1.63. The maximum absolute atomic E-state index is 14.6. The average Bonchev–Trinajstić information content (AvgIpc) is 3.81. The summed E-state index contributed by atoms with van der Waals surface area (Å²) in [5.41, 5.74) is 4.57. The second-order valence-corrected chi connectivity index (χ2v) is 14.6. The number of fused-ring (bicyclic) bond motifs is 1. The van der Waals surface area contributed by atoms with E-state index in [-0.39, 0.29) is 47.7 Å². The van der Waals surface area contributed by atoms with E-state index < -0.39 is 17.8 Å². The van der Waals surface area contributed by atoms with E-state index in [0.29, 0.717) is 86.0 Å². The van der Waals surface area contributed by atoms with Crippen LogP contribution in [0.1, 0.15) is 72.4 Å². The van der Waals surface area contributed by atoms with Crippen LogP contribution in [-0.2, 0) is 35.3 Å². The van der Waals surface area contributed by atoms with Crippen molar-refractivity contribution in [2.75, 3.05) is 32.6 Å². The van der Waals surface area contributed by atoms with Crippen LogP contribution in [-0.4, -0.2) is 66.2 Å². The van der Waals surface area contributed by atoms with Crippen LogP contribution in [0.2, 0.25) is 5.02 Å². The first-order valence-corrected chi connectivity index (χ1v) is 19.1. The zero-order valence-corrected chi connectivity index (χ0v) is 31.9. The predicted octanol–water partition coefficient (Wildman–Crippen LogP) is 6.12. The first-order chi connectivity index (χ1) is 27.0. The fourth-order valence-corrected chi connectivity index (χ4v) is 8.05. The van der Waals surface area contributed by atoms with Gasteiger partial charge in [0.1, 0.15) is 5.82 Å². The third-order valence-electron chi connectivity index (χ3n) is 10.5. The normalized spacial score (nSPS) is 19.4. The van der Waals surface area contributed by atoms with Crippen molar-refractivity contribution in [3.63, 3.8) is 0 Å². The number of alkyl halides is 3. The highest BCUT2D eigenvalue weighted by molar-refractivity contribution is 6.35. The summed E-state index contributed by atoms with van der Waals surface area (Å²) < 4.78 is 54.9. The molecule has 0 bridgehead atoms. The summed E-state index contributed by atoms with van der Waals surface area (Å²) in [5, 5.41) is 15.8. The number of methoxy groups -OCH3 is 2. The van der Waals surface area contributed by atoms with Gasteiger partial charge in [0.2, 0.25) is 23.6 Å². The molecule has 12 nitrogen and oxygen atoms in total. The fraction of sp³-hybridized carbons (Fsp3) is 0.425. The van der Waals surface area contributed by atoms with E-state index in [2.05, 4.69) is 36.6 Å². The number of carbonyl (C=O) groups is 2. The molecule has 2 amide bonds. The molecule has 0 radical (unpaired) electrons. The minimum atomic E-state index is -4.69. The lowest BCUT2D eigenvalue weighted by molar-refractivity contribution is -0.137. The van der Waals surface area contributed by atoms with E-state index in [4.69, 9.17) is 26.1 Å². The van der Waals surface area contributed by atoms with Crippen molar-refractivity contribution >= 4 is 29.2 Å². The zero-order valence-electron chi connectivity index (χ0n) is 31.1. The van der Waals surface area contributed by atoms with Crippen molar-refractivity contribution in [2.24, 2.45) is 0 Å². The van der Waals surface area contributed by atoms with Crippen LogP contribution in [0.25, 0.3) is 22.5 Å². The van der Waals surface area contributed by atoms with Crippen LogP contribution >= 0.6 is 11.6 Å². The number of aromatic nitrogens is 3. The highest BCUT2D eigenvalue weighted by atomic mass is 35.5. The van der Waals surface area contributed by atoms with E-state index in [9.17, 15) is 22.8 Å². The Hall–Kier alpha value is -4.99. The molecule has 1 aliphatic carbocycles. The molecule has 0 spiro atoms. The summed E-state index contributed by atoms with van der Waals surface area (Å²) in [4.78, 5) is 36.9. The zero-order chi connectivity index (χ0) is 39.4. The van der Waals surface area contributed by atoms with Crippen LogP contribution in [0.15, 0.2) is 48.7 Å². The van der Waals surface area contributed by atoms with Crippen LogP contribution in [0.5, 0.6) is 11.8 Å². The largest absolute Gasteiger partial charge is 0.481 e. The lowest BCUT2D eigenvalue weighted by atomic mass is 9.83. The number of anilines is 1. The van der Waals surface area contributed by atoms with Crippen molar-refractivity contribution < 1.29 is 32.2 Å². The Bertz CT molecular complexity index is 2100. The van der Waals surface area contributed by atoms with Gasteiger partial charge in [-0.3, -0.25) is 14.6 Å². The third kappa shape index (κ3) is 8.69. The molecule has 56 heavy (non-hydrogen) atoms. The Morgan fingerprint density at radius 1 is 0.839 bits per heavy atom. The van der Waals surface area contributed by atoms with E-state index in [1.807, 2.05) is 30.3 Å². The summed E-state index contributed by atoms with van der Waals surface area (Å²) in [7, 11) is 2.94. The lowest BCUT2D eigenvalue weighted by Crippen LogP contribution is -2.35. The number of ether oxygens (including phenoxy) is 2. The predicted molar refractivity (Wildman–Crippen MR) is 205 cm³/mol. The highest BCUT2D eigenvalue weighted by Gasteiger charge is 2.37. The van der Waals surface area contributed by atoms with Gasteiger partial charge in [0.05, 0.1) is 42.2 Å². The van der Waals surface area contributed by atoms with E-state index >= 15 is 0 Å². The maximum Gasteiger partial charge on any atom is 0.419 e. The van der Waals surface area contributed by atoms with E-state index in [1.165, 1.54) is 7.11 Å².